The molecule has 0 unspecified atom stereocenters. The highest BCUT2D eigenvalue weighted by Gasteiger charge is 2.23. The predicted molar refractivity (Wildman–Crippen MR) is 121 cm³/mol. The van der Waals surface area contributed by atoms with Crippen LogP contribution in [0.5, 0.6) is 5.75 Å². The zero-order valence-corrected chi connectivity index (χ0v) is 18.1. The summed E-state index contributed by atoms with van der Waals surface area (Å²) in [6.45, 7) is 9.22. The van der Waals surface area contributed by atoms with Crippen molar-refractivity contribution in [3.8, 4) is 5.75 Å². The SMILES string of the molecule is C=C(c1ccc(O)cc1C)N1CCCc2cc(C(=O)N(C)CC(=O)CCC)ccc21. The number of nitrogens with zero attached hydrogens (tertiary/aromatic N) is 2. The van der Waals surface area contributed by atoms with Gasteiger partial charge in [-0.3, -0.25) is 9.59 Å². The maximum absolute atomic E-state index is 12.8. The topological polar surface area (TPSA) is 60.9 Å². The molecule has 1 heterocycles. The van der Waals surface area contributed by atoms with Gasteiger partial charge in [-0.15, -0.1) is 0 Å². The fourth-order valence-electron chi connectivity index (χ4n) is 4.04. The molecule has 2 aromatic carbocycles. The van der Waals surface area contributed by atoms with Gasteiger partial charge >= 0.3 is 0 Å². The summed E-state index contributed by atoms with van der Waals surface area (Å²) in [7, 11) is 1.68. The lowest BCUT2D eigenvalue weighted by atomic mass is 9.96. The highest BCUT2D eigenvalue weighted by atomic mass is 16.3. The molecule has 0 saturated carbocycles. The van der Waals surface area contributed by atoms with Crippen LogP contribution in [0.25, 0.3) is 5.70 Å². The van der Waals surface area contributed by atoms with Crippen molar-refractivity contribution in [2.24, 2.45) is 0 Å². The predicted octanol–water partition coefficient (Wildman–Crippen LogP) is 4.57. The number of phenols is 1. The van der Waals surface area contributed by atoms with Crippen LogP contribution < -0.4 is 4.90 Å². The maximum atomic E-state index is 12.8. The van der Waals surface area contributed by atoms with E-state index in [4.69, 9.17) is 0 Å². The molecule has 0 aromatic heterocycles. The van der Waals surface area contributed by atoms with Gasteiger partial charge in [0.2, 0.25) is 0 Å². The van der Waals surface area contributed by atoms with Crippen LogP contribution in [0.1, 0.15) is 53.2 Å². The van der Waals surface area contributed by atoms with Gasteiger partial charge in [-0.1, -0.05) is 13.5 Å². The lowest BCUT2D eigenvalue weighted by Gasteiger charge is -2.34. The number of hydrogen-bond acceptors (Lipinski definition) is 4. The smallest absolute Gasteiger partial charge is 0.254 e. The number of carbonyl (C=O) groups is 2. The number of ketones is 1. The van der Waals surface area contributed by atoms with E-state index in [1.54, 1.807) is 19.2 Å². The van der Waals surface area contributed by atoms with Crippen LogP contribution in [0.2, 0.25) is 0 Å². The Morgan fingerprint density at radius 3 is 2.67 bits per heavy atom. The summed E-state index contributed by atoms with van der Waals surface area (Å²) >= 11 is 0. The van der Waals surface area contributed by atoms with Crippen LogP contribution in [0.15, 0.2) is 43.0 Å². The summed E-state index contributed by atoms with van der Waals surface area (Å²) in [6.07, 6.45) is 3.15. The number of amides is 1. The Balaban J connectivity index is 1.83. The van der Waals surface area contributed by atoms with Crippen LogP contribution in [0.3, 0.4) is 0 Å². The fraction of sp³-hybridized carbons (Fsp3) is 0.360. The third kappa shape index (κ3) is 4.56. The van der Waals surface area contributed by atoms with Crippen LogP contribution >= 0.6 is 0 Å². The highest BCUT2D eigenvalue weighted by Crippen LogP contribution is 2.35. The number of anilines is 1. The van der Waals surface area contributed by atoms with Gasteiger partial charge in [0.15, 0.2) is 5.78 Å². The zero-order chi connectivity index (χ0) is 21.8. The van der Waals surface area contributed by atoms with E-state index in [1.807, 2.05) is 38.1 Å². The average Bonchev–Trinajstić information content (AvgIpc) is 2.72. The third-order valence-corrected chi connectivity index (χ3v) is 5.58. The molecule has 30 heavy (non-hydrogen) atoms. The van der Waals surface area contributed by atoms with Gasteiger partial charge in [-0.25, -0.2) is 0 Å². The minimum atomic E-state index is -0.132. The summed E-state index contributed by atoms with van der Waals surface area (Å²) in [4.78, 5) is 28.4. The molecule has 5 nitrogen and oxygen atoms in total. The van der Waals surface area contributed by atoms with Crippen LogP contribution in [-0.2, 0) is 11.2 Å². The molecule has 1 aliphatic rings. The number of hydrogen-bond donors (Lipinski definition) is 1. The van der Waals surface area contributed by atoms with Gasteiger partial charge in [-0.05, 0) is 73.7 Å². The van der Waals surface area contributed by atoms with Crippen molar-refractivity contribution >= 4 is 23.1 Å². The summed E-state index contributed by atoms with van der Waals surface area (Å²) in [6, 6.07) is 11.1. The first-order valence-corrected chi connectivity index (χ1v) is 10.5. The van der Waals surface area contributed by atoms with Crippen LogP contribution in [-0.4, -0.2) is 41.8 Å². The van der Waals surface area contributed by atoms with E-state index >= 15 is 0 Å². The molecule has 0 saturated heterocycles. The van der Waals surface area contributed by atoms with E-state index in [-0.39, 0.29) is 24.0 Å². The normalized spacial score (nSPS) is 13.0. The van der Waals surface area contributed by atoms with Gasteiger partial charge in [0.1, 0.15) is 5.75 Å². The van der Waals surface area contributed by atoms with E-state index < -0.39 is 0 Å². The molecule has 0 radical (unpaired) electrons. The number of fused-ring (bicyclic) bond motifs is 1. The van der Waals surface area contributed by atoms with E-state index in [0.717, 1.165) is 53.9 Å². The van der Waals surface area contributed by atoms with Crippen molar-refractivity contribution in [2.75, 3.05) is 25.0 Å². The van der Waals surface area contributed by atoms with Gasteiger partial charge in [0.25, 0.3) is 5.91 Å². The number of aryl methyl sites for hydroxylation is 2. The molecule has 0 atom stereocenters. The van der Waals surface area contributed by atoms with Crippen molar-refractivity contribution < 1.29 is 14.7 Å². The number of likely N-dealkylation sites (N-methyl/N-ethyl adjacent to an activating group) is 1. The average molecular weight is 407 g/mol. The van der Waals surface area contributed by atoms with Crippen molar-refractivity contribution in [3.05, 3.63) is 65.2 Å². The molecular formula is C25H30N2O3. The Morgan fingerprint density at radius 2 is 1.97 bits per heavy atom. The Bertz CT molecular complexity index is 980. The summed E-state index contributed by atoms with van der Waals surface area (Å²) in [5, 5.41) is 9.70. The van der Waals surface area contributed by atoms with Gasteiger partial charge in [0.05, 0.1) is 6.54 Å². The first kappa shape index (κ1) is 21.6. The number of phenolic OH excluding ortho intramolecular Hbond substituents is 1. The minimum absolute atomic E-state index is 0.0815. The van der Waals surface area contributed by atoms with Crippen molar-refractivity contribution in [2.45, 2.75) is 39.5 Å². The minimum Gasteiger partial charge on any atom is -0.508 e. The lowest BCUT2D eigenvalue weighted by Crippen LogP contribution is -2.32. The Labute approximate surface area is 178 Å². The van der Waals surface area contributed by atoms with Crippen molar-refractivity contribution in [1.29, 1.82) is 0 Å². The summed E-state index contributed by atoms with van der Waals surface area (Å²) < 4.78 is 0. The van der Waals surface area contributed by atoms with Crippen molar-refractivity contribution in [3.63, 3.8) is 0 Å². The lowest BCUT2D eigenvalue weighted by molar-refractivity contribution is -0.119. The van der Waals surface area contributed by atoms with Gasteiger partial charge in [-0.2, -0.15) is 0 Å². The van der Waals surface area contributed by atoms with E-state index in [9.17, 15) is 14.7 Å². The third-order valence-electron chi connectivity index (χ3n) is 5.58. The number of carbonyl (C=O) groups excluding carboxylic acids is 2. The largest absolute Gasteiger partial charge is 0.508 e. The first-order valence-electron chi connectivity index (χ1n) is 10.5. The summed E-state index contributed by atoms with van der Waals surface area (Å²) in [5.74, 6) is 0.193. The van der Waals surface area contributed by atoms with Crippen molar-refractivity contribution in [1.82, 2.24) is 4.90 Å². The molecule has 3 rings (SSSR count). The molecular weight excluding hydrogens is 376 g/mol. The second kappa shape index (κ2) is 9.16. The van der Waals surface area contributed by atoms with Crippen LogP contribution in [0, 0.1) is 6.92 Å². The van der Waals surface area contributed by atoms with E-state index in [1.165, 1.54) is 4.90 Å². The molecule has 1 aliphatic heterocycles. The second-order valence-electron chi connectivity index (χ2n) is 7.99. The molecule has 0 aliphatic carbocycles. The summed E-state index contributed by atoms with van der Waals surface area (Å²) in [5.41, 5.74) is 5.62. The standard InChI is InChI=1S/C25H30N2O3/c1-5-7-22(29)16-26(4)25(30)20-9-12-24-19(15-20)8-6-13-27(24)18(3)23-11-10-21(28)14-17(23)2/h9-12,14-15,28H,3,5-8,13,16H2,1-2,4H3. The molecule has 1 N–H and O–H groups in total. The number of aromatic hydroxyl groups is 1. The fourth-order valence-corrected chi connectivity index (χ4v) is 4.04. The number of Topliss-reactive ketones (excluding diaryl/α,β-unsaturated/α-hetero) is 1. The molecule has 2 aromatic rings. The first-order chi connectivity index (χ1) is 14.3. The Morgan fingerprint density at radius 1 is 1.20 bits per heavy atom. The second-order valence-corrected chi connectivity index (χ2v) is 7.99. The van der Waals surface area contributed by atoms with Gasteiger partial charge < -0.3 is 14.9 Å². The molecule has 0 fully saturated rings. The number of rotatable bonds is 7. The number of benzene rings is 2. The molecule has 158 valence electrons. The zero-order valence-electron chi connectivity index (χ0n) is 18.1. The molecule has 5 heteroatoms. The van der Waals surface area contributed by atoms with E-state index in [0.29, 0.717) is 12.0 Å². The Kier molecular flexibility index (Phi) is 6.60. The van der Waals surface area contributed by atoms with Gasteiger partial charge in [0, 0.05) is 42.5 Å². The maximum Gasteiger partial charge on any atom is 0.254 e. The van der Waals surface area contributed by atoms with Crippen LogP contribution in [0.4, 0.5) is 5.69 Å². The monoisotopic (exact) mass is 406 g/mol. The Hall–Kier alpha value is -3.08. The molecule has 0 spiro atoms. The van der Waals surface area contributed by atoms with E-state index in [2.05, 4.69) is 11.5 Å². The molecule has 0 bridgehead atoms. The molecule has 1 amide bonds. The highest BCUT2D eigenvalue weighted by molar-refractivity contribution is 5.97. The quantitative estimate of drug-likeness (QED) is 0.732.